The van der Waals surface area contributed by atoms with E-state index in [-0.39, 0.29) is 18.6 Å². The van der Waals surface area contributed by atoms with Crippen LogP contribution in [0.5, 0.6) is 0 Å². The normalized spacial score (nSPS) is 16.1. The number of pyridine rings is 1. The van der Waals surface area contributed by atoms with Crippen LogP contribution in [-0.2, 0) is 9.53 Å². The average molecular weight is 407 g/mol. The summed E-state index contributed by atoms with van der Waals surface area (Å²) >= 11 is 0. The van der Waals surface area contributed by atoms with Gasteiger partial charge in [0.05, 0.1) is 12.6 Å². The maximum atomic E-state index is 12.5. The highest BCUT2D eigenvalue weighted by atomic mass is 16.5. The van der Waals surface area contributed by atoms with Crippen molar-refractivity contribution in [3.8, 4) is 11.4 Å². The number of esters is 1. The van der Waals surface area contributed by atoms with Gasteiger partial charge in [-0.05, 0) is 32.4 Å². The molecule has 0 bridgehead atoms. The molecule has 1 saturated heterocycles. The zero-order valence-electron chi connectivity index (χ0n) is 17.2. The number of ether oxygens (including phenoxy) is 1. The standard InChI is InChI=1S/C22H25N5O3/c1-3-30-19(28)13-24-22(29)26-12-10-17(14-26)27-20(16-8-6-15(2)7-9-16)25-18-5-4-11-23-21(18)27/h4-9,11,17H,3,10,12-14H2,1-2H3,(H,24,29)/t17-/m1/s1. The Bertz CT molecular complexity index is 1060. The smallest absolute Gasteiger partial charge is 0.325 e. The largest absolute Gasteiger partial charge is 0.465 e. The molecule has 1 aromatic carbocycles. The summed E-state index contributed by atoms with van der Waals surface area (Å²) in [5.74, 6) is 0.413. The summed E-state index contributed by atoms with van der Waals surface area (Å²) in [7, 11) is 0. The highest BCUT2D eigenvalue weighted by molar-refractivity contribution is 5.81. The van der Waals surface area contributed by atoms with Crippen LogP contribution in [0.4, 0.5) is 4.79 Å². The summed E-state index contributed by atoms with van der Waals surface area (Å²) in [4.78, 5) is 35.1. The van der Waals surface area contributed by atoms with Gasteiger partial charge in [-0.3, -0.25) is 4.79 Å². The molecule has 2 aromatic heterocycles. The fourth-order valence-corrected chi connectivity index (χ4v) is 3.79. The van der Waals surface area contributed by atoms with Crippen LogP contribution in [-0.4, -0.2) is 57.7 Å². The second-order valence-electron chi connectivity index (χ2n) is 7.37. The minimum absolute atomic E-state index is 0.0505. The van der Waals surface area contributed by atoms with Crippen LogP contribution >= 0.6 is 0 Å². The first kappa shape index (κ1) is 19.9. The summed E-state index contributed by atoms with van der Waals surface area (Å²) in [5.41, 5.74) is 3.85. The molecule has 1 N–H and O–H groups in total. The molecular formula is C22H25N5O3. The third-order valence-electron chi connectivity index (χ3n) is 5.26. The highest BCUT2D eigenvalue weighted by Gasteiger charge is 2.31. The van der Waals surface area contributed by atoms with Gasteiger partial charge >= 0.3 is 12.0 Å². The van der Waals surface area contributed by atoms with Crippen molar-refractivity contribution in [3.63, 3.8) is 0 Å². The molecule has 0 aliphatic carbocycles. The fourth-order valence-electron chi connectivity index (χ4n) is 3.79. The topological polar surface area (TPSA) is 89.4 Å². The number of likely N-dealkylation sites (tertiary alicyclic amines) is 1. The Balaban J connectivity index is 1.57. The Hall–Kier alpha value is -3.42. The van der Waals surface area contributed by atoms with Gasteiger partial charge in [0, 0.05) is 24.8 Å². The number of rotatable bonds is 5. The van der Waals surface area contributed by atoms with E-state index in [1.807, 2.05) is 12.1 Å². The van der Waals surface area contributed by atoms with Crippen molar-refractivity contribution in [2.24, 2.45) is 0 Å². The number of amides is 2. The molecule has 0 saturated carbocycles. The molecule has 1 aliphatic rings. The summed E-state index contributed by atoms with van der Waals surface area (Å²) in [6.07, 6.45) is 2.55. The van der Waals surface area contributed by atoms with Gasteiger partial charge in [0.1, 0.15) is 17.9 Å². The summed E-state index contributed by atoms with van der Waals surface area (Å²) < 4.78 is 7.00. The number of carbonyl (C=O) groups is 2. The fraction of sp³-hybridized carbons (Fsp3) is 0.364. The molecule has 156 valence electrons. The van der Waals surface area contributed by atoms with Crippen LogP contribution in [0.3, 0.4) is 0 Å². The molecule has 0 spiro atoms. The van der Waals surface area contributed by atoms with Crippen molar-refractivity contribution in [3.05, 3.63) is 48.2 Å². The van der Waals surface area contributed by atoms with Gasteiger partial charge < -0.3 is 19.5 Å². The Morgan fingerprint density at radius 3 is 2.80 bits per heavy atom. The van der Waals surface area contributed by atoms with Crippen molar-refractivity contribution in [2.45, 2.75) is 26.3 Å². The zero-order chi connectivity index (χ0) is 21.1. The first-order valence-electron chi connectivity index (χ1n) is 10.1. The lowest BCUT2D eigenvalue weighted by Gasteiger charge is -2.19. The Kier molecular flexibility index (Phi) is 5.65. The number of aromatic nitrogens is 3. The van der Waals surface area contributed by atoms with E-state index < -0.39 is 5.97 Å². The molecule has 3 aromatic rings. The van der Waals surface area contributed by atoms with E-state index in [1.54, 1.807) is 18.0 Å². The average Bonchev–Trinajstić information content (AvgIpc) is 3.37. The minimum atomic E-state index is -0.437. The van der Waals surface area contributed by atoms with Crippen molar-refractivity contribution in [2.75, 3.05) is 26.2 Å². The van der Waals surface area contributed by atoms with Gasteiger partial charge in [0.2, 0.25) is 0 Å². The van der Waals surface area contributed by atoms with Gasteiger partial charge in [-0.25, -0.2) is 14.8 Å². The third kappa shape index (κ3) is 3.98. The van der Waals surface area contributed by atoms with E-state index in [0.29, 0.717) is 19.7 Å². The number of aryl methyl sites for hydroxylation is 1. The Morgan fingerprint density at radius 1 is 1.23 bits per heavy atom. The quantitative estimate of drug-likeness (QED) is 0.657. The van der Waals surface area contributed by atoms with E-state index >= 15 is 0 Å². The highest BCUT2D eigenvalue weighted by Crippen LogP contribution is 2.32. The van der Waals surface area contributed by atoms with E-state index in [9.17, 15) is 9.59 Å². The van der Waals surface area contributed by atoms with E-state index in [1.165, 1.54) is 5.56 Å². The molecule has 0 unspecified atom stereocenters. The molecular weight excluding hydrogens is 382 g/mol. The lowest BCUT2D eigenvalue weighted by Crippen LogP contribution is -2.41. The summed E-state index contributed by atoms with van der Waals surface area (Å²) in [5, 5.41) is 2.64. The minimum Gasteiger partial charge on any atom is -0.465 e. The second kappa shape index (κ2) is 8.52. The Labute approximate surface area is 174 Å². The van der Waals surface area contributed by atoms with Gasteiger partial charge in [0.15, 0.2) is 5.65 Å². The zero-order valence-corrected chi connectivity index (χ0v) is 17.2. The number of imidazole rings is 1. The summed E-state index contributed by atoms with van der Waals surface area (Å²) in [6.45, 7) is 5.08. The van der Waals surface area contributed by atoms with Crippen molar-refractivity contribution >= 4 is 23.2 Å². The molecule has 1 atom stereocenters. The van der Waals surface area contributed by atoms with Crippen LogP contribution in [0.25, 0.3) is 22.6 Å². The Morgan fingerprint density at radius 2 is 2.03 bits per heavy atom. The maximum absolute atomic E-state index is 12.5. The number of nitrogens with one attached hydrogen (secondary N) is 1. The number of benzene rings is 1. The molecule has 4 rings (SSSR count). The van der Waals surface area contributed by atoms with Crippen LogP contribution in [0, 0.1) is 6.92 Å². The monoisotopic (exact) mass is 407 g/mol. The second-order valence-corrected chi connectivity index (χ2v) is 7.37. The number of urea groups is 1. The van der Waals surface area contributed by atoms with E-state index in [2.05, 4.69) is 46.1 Å². The van der Waals surface area contributed by atoms with Gasteiger partial charge in [0.25, 0.3) is 0 Å². The summed E-state index contributed by atoms with van der Waals surface area (Å²) in [6, 6.07) is 11.9. The van der Waals surface area contributed by atoms with Gasteiger partial charge in [-0.1, -0.05) is 29.8 Å². The van der Waals surface area contributed by atoms with Crippen LogP contribution < -0.4 is 5.32 Å². The van der Waals surface area contributed by atoms with Crippen molar-refractivity contribution in [1.82, 2.24) is 24.8 Å². The number of hydrogen-bond acceptors (Lipinski definition) is 5. The first-order valence-corrected chi connectivity index (χ1v) is 10.1. The molecule has 3 heterocycles. The molecule has 30 heavy (non-hydrogen) atoms. The van der Waals surface area contributed by atoms with Crippen molar-refractivity contribution in [1.29, 1.82) is 0 Å². The predicted octanol–water partition coefficient (Wildman–Crippen LogP) is 2.93. The molecule has 8 nitrogen and oxygen atoms in total. The molecule has 0 radical (unpaired) electrons. The van der Waals surface area contributed by atoms with Crippen LogP contribution in [0.1, 0.15) is 24.9 Å². The maximum Gasteiger partial charge on any atom is 0.325 e. The molecule has 1 fully saturated rings. The lowest BCUT2D eigenvalue weighted by atomic mass is 10.1. The molecule has 8 heteroatoms. The SMILES string of the molecule is CCOC(=O)CNC(=O)N1CC[C@@H](n2c(-c3ccc(C)cc3)nc3cccnc32)C1. The lowest BCUT2D eigenvalue weighted by molar-refractivity contribution is -0.141. The molecule has 1 aliphatic heterocycles. The molecule has 2 amide bonds. The van der Waals surface area contributed by atoms with Gasteiger partial charge in [-0.15, -0.1) is 0 Å². The van der Waals surface area contributed by atoms with Crippen molar-refractivity contribution < 1.29 is 14.3 Å². The number of carbonyl (C=O) groups excluding carboxylic acids is 2. The van der Waals surface area contributed by atoms with E-state index in [4.69, 9.17) is 9.72 Å². The van der Waals surface area contributed by atoms with Crippen LogP contribution in [0.15, 0.2) is 42.6 Å². The third-order valence-corrected chi connectivity index (χ3v) is 5.26. The number of fused-ring (bicyclic) bond motifs is 1. The van der Waals surface area contributed by atoms with Gasteiger partial charge in [-0.2, -0.15) is 0 Å². The number of nitrogens with zero attached hydrogens (tertiary/aromatic N) is 4. The van der Waals surface area contributed by atoms with E-state index in [0.717, 1.165) is 29.0 Å². The van der Waals surface area contributed by atoms with Crippen LogP contribution in [0.2, 0.25) is 0 Å². The number of hydrogen-bond donors (Lipinski definition) is 1. The predicted molar refractivity (Wildman–Crippen MR) is 113 cm³/mol. The first-order chi connectivity index (χ1) is 14.6.